The zero-order valence-corrected chi connectivity index (χ0v) is 13.3. The number of amides is 1. The highest BCUT2D eigenvalue weighted by molar-refractivity contribution is 7.10. The molecule has 1 saturated heterocycles. The number of hydrogen-bond donors (Lipinski definition) is 2. The number of carbonyl (C=O) groups excluding carboxylic acids is 1. The predicted octanol–water partition coefficient (Wildman–Crippen LogP) is 3.24. The quantitative estimate of drug-likeness (QED) is 0.778. The fourth-order valence-electron chi connectivity index (χ4n) is 3.21. The molecule has 1 aliphatic rings. The SMILES string of the molecule is O=C(Nc1cccc2cnccc12)[C@@H]1CNC[C@H]1c1cccs1. The molecule has 2 atom stereocenters. The first-order valence-electron chi connectivity index (χ1n) is 7.70. The number of thiophene rings is 1. The zero-order valence-electron chi connectivity index (χ0n) is 12.5. The van der Waals surface area contributed by atoms with Gasteiger partial charge in [0.1, 0.15) is 0 Å². The minimum atomic E-state index is -0.0363. The molecule has 0 unspecified atom stereocenters. The van der Waals surface area contributed by atoms with E-state index in [2.05, 4.69) is 27.1 Å². The van der Waals surface area contributed by atoms with Crippen molar-refractivity contribution in [3.05, 3.63) is 59.0 Å². The van der Waals surface area contributed by atoms with Crippen LogP contribution in [0.3, 0.4) is 0 Å². The Morgan fingerprint density at radius 3 is 3.04 bits per heavy atom. The molecule has 1 fully saturated rings. The van der Waals surface area contributed by atoms with Gasteiger partial charge in [-0.1, -0.05) is 18.2 Å². The zero-order chi connectivity index (χ0) is 15.6. The maximum atomic E-state index is 12.8. The first-order valence-corrected chi connectivity index (χ1v) is 8.58. The second-order valence-corrected chi connectivity index (χ2v) is 6.76. The summed E-state index contributed by atoms with van der Waals surface area (Å²) in [6.07, 6.45) is 3.57. The molecule has 23 heavy (non-hydrogen) atoms. The summed E-state index contributed by atoms with van der Waals surface area (Å²) < 4.78 is 0. The lowest BCUT2D eigenvalue weighted by atomic mass is 9.93. The number of nitrogens with one attached hydrogen (secondary N) is 2. The van der Waals surface area contributed by atoms with Crippen molar-refractivity contribution in [2.75, 3.05) is 18.4 Å². The van der Waals surface area contributed by atoms with Gasteiger partial charge in [-0.05, 0) is 23.6 Å². The minimum Gasteiger partial charge on any atom is -0.325 e. The van der Waals surface area contributed by atoms with E-state index in [1.807, 2.05) is 36.5 Å². The van der Waals surface area contributed by atoms with E-state index >= 15 is 0 Å². The molecule has 3 heterocycles. The minimum absolute atomic E-state index is 0.0363. The Bertz CT molecular complexity index is 826. The molecule has 116 valence electrons. The molecule has 0 saturated carbocycles. The fraction of sp³-hybridized carbons (Fsp3) is 0.222. The molecule has 0 radical (unpaired) electrons. The highest BCUT2D eigenvalue weighted by Gasteiger charge is 2.34. The second-order valence-electron chi connectivity index (χ2n) is 5.78. The van der Waals surface area contributed by atoms with Crippen molar-refractivity contribution in [2.45, 2.75) is 5.92 Å². The normalized spacial score (nSPS) is 20.7. The number of benzene rings is 1. The first kappa shape index (κ1) is 14.4. The van der Waals surface area contributed by atoms with Crippen LogP contribution < -0.4 is 10.6 Å². The molecular weight excluding hydrogens is 306 g/mol. The van der Waals surface area contributed by atoms with Crippen LogP contribution in [0.2, 0.25) is 0 Å². The molecular formula is C18H17N3OS. The smallest absolute Gasteiger partial charge is 0.229 e. The number of pyridine rings is 1. The van der Waals surface area contributed by atoms with Gasteiger partial charge in [-0.15, -0.1) is 11.3 Å². The van der Waals surface area contributed by atoms with Crippen molar-refractivity contribution >= 4 is 33.7 Å². The van der Waals surface area contributed by atoms with E-state index in [-0.39, 0.29) is 17.7 Å². The van der Waals surface area contributed by atoms with Gasteiger partial charge >= 0.3 is 0 Å². The number of rotatable bonds is 3. The van der Waals surface area contributed by atoms with Gasteiger partial charge in [0.25, 0.3) is 0 Å². The third-order valence-electron chi connectivity index (χ3n) is 4.40. The molecule has 3 aromatic rings. The standard InChI is InChI=1S/C18H17N3OS/c22-18(15-11-20-10-14(15)17-5-2-8-23-17)21-16-4-1-3-12-9-19-7-6-13(12)16/h1-9,14-15,20H,10-11H2,(H,21,22)/t14-,15-/m1/s1. The van der Waals surface area contributed by atoms with E-state index in [1.165, 1.54) is 4.88 Å². The number of hydrogen-bond acceptors (Lipinski definition) is 4. The maximum Gasteiger partial charge on any atom is 0.229 e. The summed E-state index contributed by atoms with van der Waals surface area (Å²) in [6, 6.07) is 12.0. The molecule has 1 aliphatic heterocycles. The van der Waals surface area contributed by atoms with Crippen LogP contribution in [-0.4, -0.2) is 24.0 Å². The molecule has 4 nitrogen and oxygen atoms in total. The Labute approximate surface area is 138 Å². The van der Waals surface area contributed by atoms with Crippen LogP contribution in [0.5, 0.6) is 0 Å². The molecule has 0 spiro atoms. The lowest BCUT2D eigenvalue weighted by Crippen LogP contribution is -2.27. The number of nitrogens with zero attached hydrogens (tertiary/aromatic N) is 1. The second kappa shape index (κ2) is 6.10. The van der Waals surface area contributed by atoms with Crippen LogP contribution in [-0.2, 0) is 4.79 Å². The van der Waals surface area contributed by atoms with E-state index in [0.29, 0.717) is 0 Å². The lowest BCUT2D eigenvalue weighted by molar-refractivity contribution is -0.119. The van der Waals surface area contributed by atoms with Crippen molar-refractivity contribution in [2.24, 2.45) is 5.92 Å². The third kappa shape index (κ3) is 2.73. The summed E-state index contributed by atoms with van der Waals surface area (Å²) >= 11 is 1.72. The number of anilines is 1. The van der Waals surface area contributed by atoms with Gasteiger partial charge in [-0.2, -0.15) is 0 Å². The molecule has 4 rings (SSSR count). The summed E-state index contributed by atoms with van der Waals surface area (Å²) in [7, 11) is 0. The van der Waals surface area contributed by atoms with Gasteiger partial charge in [-0.25, -0.2) is 0 Å². The van der Waals surface area contributed by atoms with Crippen molar-refractivity contribution in [1.82, 2.24) is 10.3 Å². The first-order chi connectivity index (χ1) is 11.3. The molecule has 2 N–H and O–H groups in total. The number of fused-ring (bicyclic) bond motifs is 1. The van der Waals surface area contributed by atoms with Gasteiger partial charge in [0, 0.05) is 52.7 Å². The Morgan fingerprint density at radius 1 is 1.22 bits per heavy atom. The van der Waals surface area contributed by atoms with E-state index in [1.54, 1.807) is 17.5 Å². The van der Waals surface area contributed by atoms with E-state index in [9.17, 15) is 4.79 Å². The van der Waals surface area contributed by atoms with Crippen molar-refractivity contribution < 1.29 is 4.79 Å². The lowest BCUT2D eigenvalue weighted by Gasteiger charge is -2.17. The molecule has 0 aliphatic carbocycles. The van der Waals surface area contributed by atoms with E-state index in [0.717, 1.165) is 29.5 Å². The van der Waals surface area contributed by atoms with Gasteiger partial charge < -0.3 is 10.6 Å². The summed E-state index contributed by atoms with van der Waals surface area (Å²) in [5.41, 5.74) is 0.853. The van der Waals surface area contributed by atoms with Crippen LogP contribution in [0.4, 0.5) is 5.69 Å². The number of aromatic nitrogens is 1. The molecule has 1 aromatic carbocycles. The van der Waals surface area contributed by atoms with Gasteiger partial charge in [0.2, 0.25) is 5.91 Å². The van der Waals surface area contributed by atoms with Gasteiger partial charge in [-0.3, -0.25) is 9.78 Å². The summed E-state index contributed by atoms with van der Waals surface area (Å²) in [5.74, 6) is 0.301. The summed E-state index contributed by atoms with van der Waals surface area (Å²) in [5, 5.41) is 10.6. The molecule has 5 heteroatoms. The van der Waals surface area contributed by atoms with Crippen molar-refractivity contribution in [3.63, 3.8) is 0 Å². The third-order valence-corrected chi connectivity index (χ3v) is 5.40. The Morgan fingerprint density at radius 2 is 2.17 bits per heavy atom. The largest absolute Gasteiger partial charge is 0.325 e. The molecule has 0 bridgehead atoms. The molecule has 1 amide bonds. The van der Waals surface area contributed by atoms with Crippen LogP contribution in [0, 0.1) is 5.92 Å². The Balaban J connectivity index is 1.59. The topological polar surface area (TPSA) is 54.0 Å². The average molecular weight is 323 g/mol. The molecule has 2 aromatic heterocycles. The Hall–Kier alpha value is -2.24. The van der Waals surface area contributed by atoms with Crippen LogP contribution in [0.25, 0.3) is 10.8 Å². The summed E-state index contributed by atoms with van der Waals surface area (Å²) in [4.78, 5) is 18.2. The summed E-state index contributed by atoms with van der Waals surface area (Å²) in [6.45, 7) is 1.58. The van der Waals surface area contributed by atoms with Gasteiger partial charge in [0.15, 0.2) is 0 Å². The van der Waals surface area contributed by atoms with E-state index < -0.39 is 0 Å². The highest BCUT2D eigenvalue weighted by atomic mass is 32.1. The predicted molar refractivity (Wildman–Crippen MR) is 93.8 cm³/mol. The highest BCUT2D eigenvalue weighted by Crippen LogP contribution is 2.32. The number of carbonyl (C=O) groups is 1. The maximum absolute atomic E-state index is 12.8. The van der Waals surface area contributed by atoms with Crippen LogP contribution in [0.15, 0.2) is 54.2 Å². The average Bonchev–Trinajstić information content (AvgIpc) is 3.26. The van der Waals surface area contributed by atoms with Crippen molar-refractivity contribution in [1.29, 1.82) is 0 Å². The van der Waals surface area contributed by atoms with Crippen LogP contribution in [0.1, 0.15) is 10.8 Å². The monoisotopic (exact) mass is 323 g/mol. The Kier molecular flexibility index (Phi) is 3.81. The van der Waals surface area contributed by atoms with Gasteiger partial charge in [0.05, 0.1) is 5.92 Å². The van der Waals surface area contributed by atoms with Crippen LogP contribution >= 0.6 is 11.3 Å². The van der Waals surface area contributed by atoms with E-state index in [4.69, 9.17) is 0 Å². The fourth-order valence-corrected chi connectivity index (χ4v) is 4.11. The van der Waals surface area contributed by atoms with Crippen molar-refractivity contribution in [3.8, 4) is 0 Å².